The zero-order chi connectivity index (χ0) is 6.85. The van der Waals surface area contributed by atoms with Crippen LogP contribution in [-0.2, 0) is 6.42 Å². The summed E-state index contributed by atoms with van der Waals surface area (Å²) >= 11 is 2.22. The van der Waals surface area contributed by atoms with Gasteiger partial charge in [0.15, 0.2) is 0 Å². The Morgan fingerprint density at radius 1 is 1.78 bits per heavy atom. The molecular formula is C6H9IN2. The largest absolute Gasteiger partial charge is 0.276 e. The number of nitrogens with zero attached hydrogens (tertiary/aromatic N) is 2. The van der Waals surface area contributed by atoms with Gasteiger partial charge in [-0.25, -0.2) is 4.98 Å². The maximum Gasteiger partial charge on any atom is 0.114 e. The van der Waals surface area contributed by atoms with Crippen molar-refractivity contribution in [1.82, 2.24) is 7.76 Å². The molecule has 9 heavy (non-hydrogen) atoms. The average Bonchev–Trinajstić information content (AvgIpc) is 2.13. The SMILES string of the molecule is CCc1cn(I)c(C)n1. The molecule has 2 nitrogen and oxygen atoms in total. The zero-order valence-electron chi connectivity index (χ0n) is 5.56. The van der Waals surface area contributed by atoms with E-state index in [-0.39, 0.29) is 0 Å². The van der Waals surface area contributed by atoms with Gasteiger partial charge in [0, 0.05) is 6.20 Å². The van der Waals surface area contributed by atoms with Gasteiger partial charge in [-0.3, -0.25) is 2.78 Å². The van der Waals surface area contributed by atoms with Gasteiger partial charge in [-0.05, 0) is 13.3 Å². The third-order valence-electron chi connectivity index (χ3n) is 1.24. The highest BCUT2D eigenvalue weighted by Crippen LogP contribution is 2.05. The highest BCUT2D eigenvalue weighted by molar-refractivity contribution is 14.1. The fourth-order valence-corrected chi connectivity index (χ4v) is 1.11. The van der Waals surface area contributed by atoms with Crippen LogP contribution in [0.4, 0.5) is 0 Å². The molecule has 0 radical (unpaired) electrons. The molecule has 0 aliphatic carbocycles. The molecule has 3 heteroatoms. The van der Waals surface area contributed by atoms with Crippen molar-refractivity contribution >= 4 is 22.9 Å². The Hall–Kier alpha value is -0.0600. The molecule has 0 fully saturated rings. The zero-order valence-corrected chi connectivity index (χ0v) is 7.71. The molecule has 0 bridgehead atoms. The Labute approximate surface area is 68.8 Å². The Balaban J connectivity index is 2.98. The summed E-state index contributed by atoms with van der Waals surface area (Å²) in [6.45, 7) is 4.12. The third-order valence-corrected chi connectivity index (χ3v) is 2.22. The summed E-state index contributed by atoms with van der Waals surface area (Å²) in [6.07, 6.45) is 3.08. The first-order valence-electron chi connectivity index (χ1n) is 2.95. The lowest BCUT2D eigenvalue weighted by Gasteiger charge is -1.83. The van der Waals surface area contributed by atoms with E-state index in [1.165, 1.54) is 5.69 Å². The van der Waals surface area contributed by atoms with E-state index in [1.807, 2.05) is 9.70 Å². The summed E-state index contributed by atoms with van der Waals surface area (Å²) in [6, 6.07) is 0. The van der Waals surface area contributed by atoms with Crippen LogP contribution in [0.15, 0.2) is 6.20 Å². The van der Waals surface area contributed by atoms with Crippen LogP contribution in [0, 0.1) is 6.92 Å². The number of imidazole rings is 1. The highest BCUT2D eigenvalue weighted by Gasteiger charge is 1.96. The quantitative estimate of drug-likeness (QED) is 0.681. The number of aromatic nitrogens is 2. The fourth-order valence-electron chi connectivity index (χ4n) is 0.679. The number of halogens is 1. The molecule has 1 aromatic rings. The van der Waals surface area contributed by atoms with E-state index in [9.17, 15) is 0 Å². The average molecular weight is 236 g/mol. The predicted molar refractivity (Wildman–Crippen MR) is 45.8 cm³/mol. The molecule has 0 aliphatic rings. The van der Waals surface area contributed by atoms with Gasteiger partial charge in [-0.2, -0.15) is 0 Å². The third kappa shape index (κ3) is 1.44. The van der Waals surface area contributed by atoms with Crippen LogP contribution in [0.2, 0.25) is 0 Å². The fraction of sp³-hybridized carbons (Fsp3) is 0.500. The lowest BCUT2D eigenvalue weighted by Crippen LogP contribution is -1.79. The first-order chi connectivity index (χ1) is 4.24. The van der Waals surface area contributed by atoms with Crippen molar-refractivity contribution < 1.29 is 0 Å². The molecule has 0 atom stereocenters. The van der Waals surface area contributed by atoms with Gasteiger partial charge in [-0.15, -0.1) is 0 Å². The van der Waals surface area contributed by atoms with Crippen molar-refractivity contribution in [2.24, 2.45) is 0 Å². The van der Waals surface area contributed by atoms with Crippen LogP contribution in [0.25, 0.3) is 0 Å². The predicted octanol–water partition coefficient (Wildman–Crippen LogP) is 1.95. The summed E-state index contributed by atoms with van der Waals surface area (Å²) in [4.78, 5) is 4.28. The summed E-state index contributed by atoms with van der Waals surface area (Å²) in [5.74, 6) is 1.08. The van der Waals surface area contributed by atoms with E-state index in [2.05, 4.69) is 41.0 Å². The van der Waals surface area contributed by atoms with E-state index in [4.69, 9.17) is 0 Å². The highest BCUT2D eigenvalue weighted by atomic mass is 127. The molecule has 1 rings (SSSR count). The van der Waals surface area contributed by atoms with Crippen molar-refractivity contribution in [2.45, 2.75) is 20.3 Å². The van der Waals surface area contributed by atoms with Crippen molar-refractivity contribution in [3.8, 4) is 0 Å². The monoisotopic (exact) mass is 236 g/mol. The van der Waals surface area contributed by atoms with E-state index >= 15 is 0 Å². The molecular weight excluding hydrogens is 227 g/mol. The summed E-state index contributed by atoms with van der Waals surface area (Å²) < 4.78 is 2.01. The molecule has 0 unspecified atom stereocenters. The Morgan fingerprint density at radius 3 is 2.67 bits per heavy atom. The minimum Gasteiger partial charge on any atom is -0.276 e. The van der Waals surface area contributed by atoms with Crippen molar-refractivity contribution in [3.05, 3.63) is 17.7 Å². The van der Waals surface area contributed by atoms with Crippen LogP contribution in [-0.4, -0.2) is 7.76 Å². The molecule has 0 aliphatic heterocycles. The Morgan fingerprint density at radius 2 is 2.44 bits per heavy atom. The topological polar surface area (TPSA) is 17.8 Å². The second kappa shape index (κ2) is 2.68. The standard InChI is InChI=1S/C6H9IN2/c1-3-6-4-9(7)5(2)8-6/h4H,3H2,1-2H3. The van der Waals surface area contributed by atoms with Crippen LogP contribution >= 0.6 is 22.9 Å². The molecule has 0 aromatic carbocycles. The maximum absolute atomic E-state index is 4.28. The molecule has 1 heterocycles. The van der Waals surface area contributed by atoms with Gasteiger partial charge in [0.2, 0.25) is 0 Å². The van der Waals surface area contributed by atoms with Gasteiger partial charge in [-0.1, -0.05) is 6.92 Å². The smallest absolute Gasteiger partial charge is 0.114 e. The maximum atomic E-state index is 4.28. The van der Waals surface area contributed by atoms with Gasteiger partial charge in [0.1, 0.15) is 5.82 Å². The van der Waals surface area contributed by atoms with Crippen LogP contribution in [0.5, 0.6) is 0 Å². The van der Waals surface area contributed by atoms with Crippen molar-refractivity contribution in [2.75, 3.05) is 0 Å². The second-order valence-electron chi connectivity index (χ2n) is 1.94. The minimum absolute atomic E-state index is 1.02. The van der Waals surface area contributed by atoms with Gasteiger partial charge >= 0.3 is 0 Å². The Kier molecular flexibility index (Phi) is 2.10. The molecule has 0 spiro atoms. The van der Waals surface area contributed by atoms with Crippen LogP contribution < -0.4 is 0 Å². The minimum atomic E-state index is 1.02. The van der Waals surface area contributed by atoms with E-state index in [0.717, 1.165) is 12.2 Å². The number of rotatable bonds is 1. The van der Waals surface area contributed by atoms with Gasteiger partial charge in [0.25, 0.3) is 0 Å². The van der Waals surface area contributed by atoms with Crippen molar-refractivity contribution in [3.63, 3.8) is 0 Å². The van der Waals surface area contributed by atoms with Gasteiger partial charge in [0.05, 0.1) is 28.6 Å². The van der Waals surface area contributed by atoms with Crippen LogP contribution in [0.3, 0.4) is 0 Å². The van der Waals surface area contributed by atoms with Crippen LogP contribution in [0.1, 0.15) is 18.4 Å². The molecule has 0 amide bonds. The number of hydrogen-bond donors (Lipinski definition) is 0. The first-order valence-corrected chi connectivity index (χ1v) is 3.91. The summed E-state index contributed by atoms with van der Waals surface area (Å²) in [5, 5.41) is 0. The lowest BCUT2D eigenvalue weighted by molar-refractivity contribution is 1.04. The lowest BCUT2D eigenvalue weighted by atomic mass is 10.4. The normalized spacial score (nSPS) is 10.1. The summed E-state index contributed by atoms with van der Waals surface area (Å²) in [5.41, 5.74) is 1.17. The number of hydrogen-bond acceptors (Lipinski definition) is 1. The molecule has 0 saturated heterocycles. The van der Waals surface area contributed by atoms with Crippen molar-refractivity contribution in [1.29, 1.82) is 0 Å². The van der Waals surface area contributed by atoms with E-state index in [0.29, 0.717) is 0 Å². The molecule has 0 N–H and O–H groups in total. The molecule has 1 aromatic heterocycles. The first kappa shape index (κ1) is 7.05. The number of aryl methyl sites for hydroxylation is 2. The second-order valence-corrected chi connectivity index (χ2v) is 2.98. The molecule has 0 saturated carbocycles. The van der Waals surface area contributed by atoms with Gasteiger partial charge < -0.3 is 0 Å². The van der Waals surface area contributed by atoms with E-state index < -0.39 is 0 Å². The Bertz CT molecular complexity index is 185. The van der Waals surface area contributed by atoms with E-state index in [1.54, 1.807) is 0 Å². The summed E-state index contributed by atoms with van der Waals surface area (Å²) in [7, 11) is 0. The molecule has 50 valence electrons.